The first-order valence-electron chi connectivity index (χ1n) is 9.53. The summed E-state index contributed by atoms with van der Waals surface area (Å²) in [5, 5.41) is 4.27. The van der Waals surface area contributed by atoms with E-state index in [4.69, 9.17) is 0 Å². The summed E-state index contributed by atoms with van der Waals surface area (Å²) in [7, 11) is 2.02. The largest absolute Gasteiger partial charge is 0.357 e. The van der Waals surface area contributed by atoms with Crippen LogP contribution in [0.5, 0.6) is 0 Å². The van der Waals surface area contributed by atoms with Crippen molar-refractivity contribution in [2.75, 3.05) is 18.5 Å². The van der Waals surface area contributed by atoms with Crippen molar-refractivity contribution in [3.8, 4) is 0 Å². The minimum Gasteiger partial charge on any atom is -0.357 e. The SMILES string of the molecule is CC(C)N(C)c1ccc(C(=O)N2CCCCC2CCn2cccn2)cn1. The molecule has 26 heavy (non-hydrogen) atoms. The highest BCUT2D eigenvalue weighted by atomic mass is 16.2. The first kappa shape index (κ1) is 18.4. The molecule has 0 saturated carbocycles. The van der Waals surface area contributed by atoms with E-state index in [9.17, 15) is 4.79 Å². The van der Waals surface area contributed by atoms with Crippen molar-refractivity contribution in [1.29, 1.82) is 0 Å². The minimum atomic E-state index is 0.0985. The van der Waals surface area contributed by atoms with Gasteiger partial charge in [0.15, 0.2) is 0 Å². The summed E-state index contributed by atoms with van der Waals surface area (Å²) < 4.78 is 1.94. The van der Waals surface area contributed by atoms with Crippen molar-refractivity contribution in [3.05, 3.63) is 42.4 Å². The van der Waals surface area contributed by atoms with Crippen LogP contribution in [0.1, 0.15) is 49.9 Å². The van der Waals surface area contributed by atoms with E-state index in [1.807, 2.05) is 41.0 Å². The van der Waals surface area contributed by atoms with Gasteiger partial charge in [0.05, 0.1) is 5.56 Å². The highest BCUT2D eigenvalue weighted by Gasteiger charge is 2.27. The van der Waals surface area contributed by atoms with Crippen LogP contribution in [0.15, 0.2) is 36.8 Å². The lowest BCUT2D eigenvalue weighted by Crippen LogP contribution is -2.44. The lowest BCUT2D eigenvalue weighted by atomic mass is 9.98. The molecule has 1 fully saturated rings. The van der Waals surface area contributed by atoms with Gasteiger partial charge in [-0.05, 0) is 57.7 Å². The van der Waals surface area contributed by atoms with E-state index >= 15 is 0 Å². The zero-order valence-corrected chi connectivity index (χ0v) is 16.0. The average Bonchev–Trinajstić information content (AvgIpc) is 3.19. The van der Waals surface area contributed by atoms with Gasteiger partial charge < -0.3 is 9.80 Å². The molecule has 1 atom stereocenters. The van der Waals surface area contributed by atoms with Crippen LogP contribution >= 0.6 is 0 Å². The standard InChI is InChI=1S/C20H29N5O/c1-16(2)23(3)19-9-8-17(15-21-19)20(26)25-13-5-4-7-18(25)10-14-24-12-6-11-22-24/h6,8-9,11-12,15-16,18H,4-5,7,10,13-14H2,1-3H3. The molecule has 6 nitrogen and oxygen atoms in total. The van der Waals surface area contributed by atoms with Crippen LogP contribution in [-0.4, -0.2) is 51.2 Å². The lowest BCUT2D eigenvalue weighted by Gasteiger charge is -2.36. The van der Waals surface area contributed by atoms with Gasteiger partial charge in [-0.1, -0.05) is 0 Å². The van der Waals surface area contributed by atoms with E-state index in [0.717, 1.165) is 38.2 Å². The van der Waals surface area contributed by atoms with Gasteiger partial charge in [-0.2, -0.15) is 5.10 Å². The fourth-order valence-electron chi connectivity index (χ4n) is 3.43. The number of pyridine rings is 1. The Morgan fingerprint density at radius 1 is 1.35 bits per heavy atom. The van der Waals surface area contributed by atoms with Crippen molar-refractivity contribution >= 4 is 11.7 Å². The van der Waals surface area contributed by atoms with Crippen LogP contribution in [-0.2, 0) is 6.54 Å². The van der Waals surface area contributed by atoms with Crippen molar-refractivity contribution in [2.45, 2.75) is 58.2 Å². The van der Waals surface area contributed by atoms with Crippen LogP contribution in [0.2, 0.25) is 0 Å². The van der Waals surface area contributed by atoms with Crippen molar-refractivity contribution in [2.24, 2.45) is 0 Å². The number of aryl methyl sites for hydroxylation is 1. The van der Waals surface area contributed by atoms with Gasteiger partial charge in [-0.25, -0.2) is 4.98 Å². The lowest BCUT2D eigenvalue weighted by molar-refractivity contribution is 0.0593. The minimum absolute atomic E-state index is 0.0985. The number of anilines is 1. The third-order valence-electron chi connectivity index (χ3n) is 5.27. The zero-order chi connectivity index (χ0) is 18.5. The van der Waals surface area contributed by atoms with E-state index in [-0.39, 0.29) is 11.9 Å². The summed E-state index contributed by atoms with van der Waals surface area (Å²) >= 11 is 0. The maximum absolute atomic E-state index is 13.0. The summed E-state index contributed by atoms with van der Waals surface area (Å²) in [4.78, 5) is 21.7. The van der Waals surface area contributed by atoms with E-state index in [2.05, 4.69) is 28.8 Å². The second-order valence-corrected chi connectivity index (χ2v) is 7.32. The molecule has 1 aliphatic heterocycles. The number of likely N-dealkylation sites (tertiary alicyclic amines) is 1. The Hall–Kier alpha value is -2.37. The summed E-state index contributed by atoms with van der Waals surface area (Å²) in [6.07, 6.45) is 9.75. The highest BCUT2D eigenvalue weighted by Crippen LogP contribution is 2.23. The molecule has 1 saturated heterocycles. The number of aromatic nitrogens is 3. The van der Waals surface area contributed by atoms with Crippen LogP contribution in [0.25, 0.3) is 0 Å². The number of carbonyl (C=O) groups excluding carboxylic acids is 1. The van der Waals surface area contributed by atoms with Gasteiger partial charge in [0.2, 0.25) is 0 Å². The maximum atomic E-state index is 13.0. The zero-order valence-electron chi connectivity index (χ0n) is 16.0. The van der Waals surface area contributed by atoms with Gasteiger partial charge in [-0.3, -0.25) is 9.48 Å². The van der Waals surface area contributed by atoms with Gasteiger partial charge >= 0.3 is 0 Å². The smallest absolute Gasteiger partial charge is 0.255 e. The number of piperidine rings is 1. The molecule has 0 spiro atoms. The number of nitrogens with zero attached hydrogens (tertiary/aromatic N) is 5. The summed E-state index contributed by atoms with van der Waals surface area (Å²) in [5.41, 5.74) is 0.678. The Bertz CT molecular complexity index is 696. The molecule has 3 rings (SSSR count). The second-order valence-electron chi connectivity index (χ2n) is 7.32. The number of rotatable bonds is 6. The second kappa shape index (κ2) is 8.34. The molecule has 140 valence electrons. The van der Waals surface area contributed by atoms with Crippen molar-refractivity contribution in [3.63, 3.8) is 0 Å². The molecule has 1 amide bonds. The van der Waals surface area contributed by atoms with Gasteiger partial charge in [0, 0.05) is 50.8 Å². The third-order valence-corrected chi connectivity index (χ3v) is 5.27. The van der Waals surface area contributed by atoms with Crippen LogP contribution in [0.4, 0.5) is 5.82 Å². The Morgan fingerprint density at radius 3 is 2.85 bits per heavy atom. The van der Waals surface area contributed by atoms with E-state index in [1.165, 1.54) is 6.42 Å². The molecule has 2 aromatic rings. The predicted octanol–water partition coefficient (Wildman–Crippen LogP) is 3.21. The van der Waals surface area contributed by atoms with Crippen LogP contribution in [0.3, 0.4) is 0 Å². The first-order chi connectivity index (χ1) is 12.6. The molecule has 2 aromatic heterocycles. The normalized spacial score (nSPS) is 17.5. The van der Waals surface area contributed by atoms with Gasteiger partial charge in [-0.15, -0.1) is 0 Å². The topological polar surface area (TPSA) is 54.3 Å². The van der Waals surface area contributed by atoms with E-state index in [1.54, 1.807) is 12.4 Å². The Balaban J connectivity index is 1.67. The molecule has 0 radical (unpaired) electrons. The third kappa shape index (κ3) is 4.23. The number of amides is 1. The molecule has 0 aromatic carbocycles. The van der Waals surface area contributed by atoms with Crippen LogP contribution < -0.4 is 4.90 Å². The predicted molar refractivity (Wildman–Crippen MR) is 103 cm³/mol. The molecule has 6 heteroatoms. The molecular formula is C20H29N5O. The summed E-state index contributed by atoms with van der Waals surface area (Å²) in [5.74, 6) is 0.992. The van der Waals surface area contributed by atoms with Crippen LogP contribution in [0, 0.1) is 0 Å². The molecule has 0 aliphatic carbocycles. The molecule has 1 unspecified atom stereocenters. The summed E-state index contributed by atoms with van der Waals surface area (Å²) in [6, 6.07) is 6.43. The maximum Gasteiger partial charge on any atom is 0.255 e. The fraction of sp³-hybridized carbons (Fsp3) is 0.550. The molecular weight excluding hydrogens is 326 g/mol. The molecule has 0 bridgehead atoms. The van der Waals surface area contributed by atoms with Crippen molar-refractivity contribution < 1.29 is 4.79 Å². The fourth-order valence-corrected chi connectivity index (χ4v) is 3.43. The Morgan fingerprint density at radius 2 is 2.19 bits per heavy atom. The monoisotopic (exact) mass is 355 g/mol. The summed E-state index contributed by atoms with van der Waals surface area (Å²) in [6.45, 7) is 5.92. The first-order valence-corrected chi connectivity index (χ1v) is 9.53. The highest BCUT2D eigenvalue weighted by molar-refractivity contribution is 5.94. The van der Waals surface area contributed by atoms with E-state index < -0.39 is 0 Å². The molecule has 3 heterocycles. The van der Waals surface area contributed by atoms with Crippen molar-refractivity contribution in [1.82, 2.24) is 19.7 Å². The average molecular weight is 355 g/mol. The number of carbonyl (C=O) groups is 1. The van der Waals surface area contributed by atoms with E-state index in [0.29, 0.717) is 11.6 Å². The quantitative estimate of drug-likeness (QED) is 0.798. The van der Waals surface area contributed by atoms with Gasteiger partial charge in [0.1, 0.15) is 5.82 Å². The Labute approximate surface area is 155 Å². The number of hydrogen-bond acceptors (Lipinski definition) is 4. The molecule has 0 N–H and O–H groups in total. The molecule has 1 aliphatic rings. The Kier molecular flexibility index (Phi) is 5.91. The number of hydrogen-bond donors (Lipinski definition) is 0. The van der Waals surface area contributed by atoms with Gasteiger partial charge in [0.25, 0.3) is 5.91 Å².